The molecule has 3 rings (SSSR count). The minimum Gasteiger partial charge on any atom is -0.0590 e. The molecule has 0 amide bonds. The number of hydrogen-bond acceptors (Lipinski definition) is 0. The molecule has 1 fully saturated rings. The summed E-state index contributed by atoms with van der Waals surface area (Å²) < 4.78 is 0. The molecule has 0 bridgehead atoms. The maximum Gasteiger partial charge on any atom is -0.00979 e. The molecular weight excluding hydrogens is 216 g/mol. The van der Waals surface area contributed by atoms with Crippen LogP contribution in [0.1, 0.15) is 62.6 Å². The number of aryl methyl sites for hydroxylation is 1. The van der Waals surface area contributed by atoms with Gasteiger partial charge in [-0.3, -0.25) is 0 Å². The predicted octanol–water partition coefficient (Wildman–Crippen LogP) is 5.03. The summed E-state index contributed by atoms with van der Waals surface area (Å²) in [7, 11) is 0. The van der Waals surface area contributed by atoms with Crippen LogP contribution in [0.4, 0.5) is 0 Å². The van der Waals surface area contributed by atoms with Crippen LogP contribution in [0, 0.1) is 18.8 Å². The zero-order valence-corrected chi connectivity index (χ0v) is 12.1. The Balaban J connectivity index is 1.92. The highest BCUT2D eigenvalue weighted by Gasteiger charge is 2.36. The molecular formula is C18H26. The van der Waals surface area contributed by atoms with E-state index < -0.39 is 0 Å². The Morgan fingerprint density at radius 2 is 1.78 bits per heavy atom. The fourth-order valence-electron chi connectivity index (χ4n) is 4.38. The van der Waals surface area contributed by atoms with Crippen molar-refractivity contribution in [1.29, 1.82) is 0 Å². The topological polar surface area (TPSA) is 0 Å². The first kappa shape index (κ1) is 12.3. The van der Waals surface area contributed by atoms with Crippen LogP contribution in [0.2, 0.25) is 0 Å². The molecule has 1 aromatic carbocycles. The maximum atomic E-state index is 2.45. The van der Waals surface area contributed by atoms with Gasteiger partial charge in [-0.1, -0.05) is 63.3 Å². The number of hydrogen-bond donors (Lipinski definition) is 0. The molecule has 0 nitrogen and oxygen atoms in total. The summed E-state index contributed by atoms with van der Waals surface area (Å²) in [5.41, 5.74) is 5.05. The third-order valence-electron chi connectivity index (χ3n) is 5.32. The van der Waals surface area contributed by atoms with E-state index in [2.05, 4.69) is 39.0 Å². The van der Waals surface area contributed by atoms with Gasteiger partial charge in [-0.15, -0.1) is 0 Å². The molecule has 1 saturated carbocycles. The molecule has 0 heteroatoms. The van der Waals surface area contributed by atoms with Gasteiger partial charge < -0.3 is 0 Å². The minimum absolute atomic E-state index is 0.382. The van der Waals surface area contributed by atoms with E-state index in [1.807, 2.05) is 0 Å². The summed E-state index contributed by atoms with van der Waals surface area (Å²) in [4.78, 5) is 0. The minimum atomic E-state index is 0.382. The Kier molecular flexibility index (Phi) is 3.00. The van der Waals surface area contributed by atoms with E-state index in [-0.39, 0.29) is 0 Å². The fourth-order valence-corrected chi connectivity index (χ4v) is 4.38. The lowest BCUT2D eigenvalue weighted by molar-refractivity contribution is 0.240. The molecule has 0 radical (unpaired) electrons. The van der Waals surface area contributed by atoms with E-state index in [0.29, 0.717) is 5.41 Å². The molecule has 0 aliphatic heterocycles. The Bertz CT molecular complexity index is 435. The van der Waals surface area contributed by atoms with Gasteiger partial charge in [0, 0.05) is 0 Å². The van der Waals surface area contributed by atoms with Gasteiger partial charge in [0.25, 0.3) is 0 Å². The maximum absolute atomic E-state index is 2.45. The molecule has 2 aliphatic carbocycles. The lowest BCUT2D eigenvalue weighted by Crippen LogP contribution is -2.32. The Hall–Kier alpha value is -0.780. The van der Waals surface area contributed by atoms with Crippen molar-refractivity contribution in [2.24, 2.45) is 11.8 Å². The standard InChI is InChI=1S/C18H26/c1-13-8-9-15-11-16(14-6-4-5-7-14)12-18(2,3)17(15)10-13/h8-10,14,16H,4-7,11-12H2,1-3H3/t16-/m0/s1. The lowest BCUT2D eigenvalue weighted by atomic mass is 9.65. The van der Waals surface area contributed by atoms with Gasteiger partial charge >= 0.3 is 0 Å². The molecule has 1 aromatic rings. The van der Waals surface area contributed by atoms with Crippen molar-refractivity contribution >= 4 is 0 Å². The van der Waals surface area contributed by atoms with E-state index >= 15 is 0 Å². The van der Waals surface area contributed by atoms with Crippen molar-refractivity contribution in [3.63, 3.8) is 0 Å². The molecule has 18 heavy (non-hydrogen) atoms. The van der Waals surface area contributed by atoms with Crippen molar-refractivity contribution in [3.05, 3.63) is 34.9 Å². The predicted molar refractivity (Wildman–Crippen MR) is 78.0 cm³/mol. The Labute approximate surface area is 112 Å². The molecule has 0 aromatic heterocycles. The van der Waals surface area contributed by atoms with Gasteiger partial charge in [0.2, 0.25) is 0 Å². The van der Waals surface area contributed by atoms with Gasteiger partial charge in [0.1, 0.15) is 0 Å². The van der Waals surface area contributed by atoms with Gasteiger partial charge in [-0.25, -0.2) is 0 Å². The summed E-state index contributed by atoms with van der Waals surface area (Å²) in [6.45, 7) is 7.12. The molecule has 0 heterocycles. The van der Waals surface area contributed by atoms with Crippen molar-refractivity contribution in [2.75, 3.05) is 0 Å². The number of rotatable bonds is 1. The second-order valence-corrected chi connectivity index (χ2v) is 7.26. The van der Waals surface area contributed by atoms with Crippen molar-refractivity contribution in [3.8, 4) is 0 Å². The van der Waals surface area contributed by atoms with Gasteiger partial charge in [0.05, 0.1) is 0 Å². The van der Waals surface area contributed by atoms with Crippen LogP contribution in [0.15, 0.2) is 18.2 Å². The summed E-state index contributed by atoms with van der Waals surface area (Å²) in [6.07, 6.45) is 8.66. The van der Waals surface area contributed by atoms with Crippen LogP contribution >= 0.6 is 0 Å². The largest absolute Gasteiger partial charge is 0.0590 e. The van der Waals surface area contributed by atoms with E-state index in [4.69, 9.17) is 0 Å². The lowest BCUT2D eigenvalue weighted by Gasteiger charge is -2.40. The van der Waals surface area contributed by atoms with Crippen LogP contribution in [-0.2, 0) is 11.8 Å². The first-order valence-electron chi connectivity index (χ1n) is 7.66. The molecule has 0 saturated heterocycles. The number of fused-ring (bicyclic) bond motifs is 1. The number of benzene rings is 1. The average molecular weight is 242 g/mol. The zero-order chi connectivity index (χ0) is 12.8. The van der Waals surface area contributed by atoms with Crippen LogP contribution < -0.4 is 0 Å². The zero-order valence-electron chi connectivity index (χ0n) is 12.1. The molecule has 2 aliphatic rings. The Morgan fingerprint density at radius 3 is 2.50 bits per heavy atom. The van der Waals surface area contributed by atoms with Crippen LogP contribution in [0.5, 0.6) is 0 Å². The second kappa shape index (κ2) is 4.40. The van der Waals surface area contributed by atoms with Crippen molar-refractivity contribution < 1.29 is 0 Å². The third kappa shape index (κ3) is 2.11. The van der Waals surface area contributed by atoms with Crippen LogP contribution in [-0.4, -0.2) is 0 Å². The van der Waals surface area contributed by atoms with Gasteiger partial charge in [-0.05, 0) is 48.1 Å². The third-order valence-corrected chi connectivity index (χ3v) is 5.32. The monoisotopic (exact) mass is 242 g/mol. The highest BCUT2D eigenvalue weighted by Crippen LogP contribution is 2.46. The molecule has 0 unspecified atom stereocenters. The molecule has 98 valence electrons. The van der Waals surface area contributed by atoms with Gasteiger partial charge in [0.15, 0.2) is 0 Å². The summed E-state index contributed by atoms with van der Waals surface area (Å²) in [6, 6.07) is 7.12. The summed E-state index contributed by atoms with van der Waals surface area (Å²) in [5.74, 6) is 1.96. The fraction of sp³-hybridized carbons (Fsp3) is 0.667. The summed E-state index contributed by atoms with van der Waals surface area (Å²) >= 11 is 0. The van der Waals surface area contributed by atoms with Crippen LogP contribution in [0.3, 0.4) is 0 Å². The highest BCUT2D eigenvalue weighted by molar-refractivity contribution is 5.39. The first-order chi connectivity index (χ1) is 8.56. The molecule has 0 N–H and O–H groups in total. The van der Waals surface area contributed by atoms with E-state index in [0.717, 1.165) is 11.8 Å². The average Bonchev–Trinajstić information content (AvgIpc) is 2.83. The SMILES string of the molecule is Cc1ccc2c(c1)C(C)(C)C[C@@H](C1CCCC1)C2. The van der Waals surface area contributed by atoms with E-state index in [9.17, 15) is 0 Å². The normalized spacial score (nSPS) is 27.2. The Morgan fingerprint density at radius 1 is 1.06 bits per heavy atom. The first-order valence-corrected chi connectivity index (χ1v) is 7.66. The van der Waals surface area contributed by atoms with E-state index in [1.54, 1.807) is 11.1 Å². The summed E-state index contributed by atoms with van der Waals surface area (Å²) in [5, 5.41) is 0. The molecule has 1 atom stereocenters. The van der Waals surface area contributed by atoms with Gasteiger partial charge in [-0.2, -0.15) is 0 Å². The van der Waals surface area contributed by atoms with E-state index in [1.165, 1.54) is 44.1 Å². The smallest absolute Gasteiger partial charge is 0.00979 e. The molecule has 0 spiro atoms. The van der Waals surface area contributed by atoms with Crippen molar-refractivity contribution in [1.82, 2.24) is 0 Å². The quantitative estimate of drug-likeness (QED) is 0.648. The van der Waals surface area contributed by atoms with Crippen molar-refractivity contribution in [2.45, 2.75) is 64.7 Å². The second-order valence-electron chi connectivity index (χ2n) is 7.26. The highest BCUT2D eigenvalue weighted by atomic mass is 14.4. The van der Waals surface area contributed by atoms with Crippen LogP contribution in [0.25, 0.3) is 0 Å².